The topological polar surface area (TPSA) is 127 Å². The van der Waals surface area contributed by atoms with E-state index in [1.54, 1.807) is 6.07 Å². The Morgan fingerprint density at radius 2 is 1.84 bits per heavy atom. The van der Waals surface area contributed by atoms with Gasteiger partial charge < -0.3 is 20.0 Å². The van der Waals surface area contributed by atoms with Crippen LogP contribution in [0.2, 0.25) is 0 Å². The van der Waals surface area contributed by atoms with Gasteiger partial charge in [0.15, 0.2) is 10.8 Å². The highest BCUT2D eigenvalue weighted by atomic mass is 35.5. The third kappa shape index (κ3) is 5.17. The molecule has 4 rings (SSSR count). The number of nitrogens with two attached hydrogens (primary N) is 1. The predicted molar refractivity (Wildman–Crippen MR) is 128 cm³/mol. The summed E-state index contributed by atoms with van der Waals surface area (Å²) in [6.45, 7) is 6.11. The molecule has 0 bridgehead atoms. The number of furan rings is 1. The summed E-state index contributed by atoms with van der Waals surface area (Å²) in [6, 6.07) is 11.0. The highest BCUT2D eigenvalue weighted by molar-refractivity contribution is 7.18. The van der Waals surface area contributed by atoms with Crippen molar-refractivity contribution in [3.8, 4) is 10.8 Å². The second-order valence-electron chi connectivity index (χ2n) is 7.07. The summed E-state index contributed by atoms with van der Waals surface area (Å²) in [5.41, 5.74) is 8.12. The lowest BCUT2D eigenvalue weighted by Crippen LogP contribution is -2.46. The van der Waals surface area contributed by atoms with Crippen molar-refractivity contribution < 1.29 is 9.34 Å². The first kappa shape index (κ1) is 23.5. The Hall–Kier alpha value is -3.18. The van der Waals surface area contributed by atoms with Crippen molar-refractivity contribution in [2.45, 2.75) is 13.3 Å². The summed E-state index contributed by atoms with van der Waals surface area (Å²) in [5.74, 6) is 0.632. The number of amidine groups is 1. The van der Waals surface area contributed by atoms with E-state index < -0.39 is 4.92 Å². The number of rotatable bonds is 7. The lowest BCUT2D eigenvalue weighted by molar-refractivity contribution is -0.401. The van der Waals surface area contributed by atoms with Gasteiger partial charge in [0.05, 0.1) is 6.07 Å². The second-order valence-corrected chi connectivity index (χ2v) is 8.03. The molecule has 3 aromatic rings. The maximum atomic E-state index is 10.8. The van der Waals surface area contributed by atoms with E-state index in [4.69, 9.17) is 10.2 Å². The van der Waals surface area contributed by atoms with Gasteiger partial charge in [-0.25, -0.2) is 0 Å². The molecular formula is C20H24ClN7O3S. The zero-order chi connectivity index (χ0) is 21.8. The van der Waals surface area contributed by atoms with Crippen molar-refractivity contribution >= 4 is 46.3 Å². The SMILES string of the molecule is CCCN=C(N)c1ccc(N2CCN(c3nnc(-c4ccc([N+](=O)[O-])o4)s3)CC2)cc1.Cl. The zero-order valence-corrected chi connectivity index (χ0v) is 19.1. The largest absolute Gasteiger partial charge is 0.433 e. The third-order valence-corrected chi connectivity index (χ3v) is 5.98. The first-order valence-corrected chi connectivity index (χ1v) is 10.8. The fraction of sp³-hybridized carbons (Fsp3) is 0.350. The van der Waals surface area contributed by atoms with E-state index in [0.717, 1.165) is 55.5 Å². The molecule has 1 aliphatic heterocycles. The number of aromatic nitrogens is 2. The minimum absolute atomic E-state index is 0. The monoisotopic (exact) mass is 477 g/mol. The molecular weight excluding hydrogens is 454 g/mol. The second kappa shape index (κ2) is 10.4. The summed E-state index contributed by atoms with van der Waals surface area (Å²) < 4.78 is 5.22. The van der Waals surface area contributed by atoms with Gasteiger partial charge in [-0.1, -0.05) is 18.3 Å². The molecule has 0 saturated carbocycles. The average molecular weight is 478 g/mol. The van der Waals surface area contributed by atoms with Crippen molar-refractivity contribution in [3.63, 3.8) is 0 Å². The number of halogens is 1. The molecule has 10 nitrogen and oxygen atoms in total. The number of hydrogen-bond donors (Lipinski definition) is 1. The van der Waals surface area contributed by atoms with E-state index in [-0.39, 0.29) is 18.3 Å². The Bertz CT molecular complexity index is 1080. The molecule has 0 atom stereocenters. The molecule has 32 heavy (non-hydrogen) atoms. The number of piperazine rings is 1. The van der Waals surface area contributed by atoms with Crippen LogP contribution in [0.15, 0.2) is 45.8 Å². The van der Waals surface area contributed by atoms with Gasteiger partial charge in [0, 0.05) is 44.0 Å². The van der Waals surface area contributed by atoms with Crippen LogP contribution in [-0.2, 0) is 0 Å². The minimum atomic E-state index is -0.566. The lowest BCUT2D eigenvalue weighted by atomic mass is 10.1. The van der Waals surface area contributed by atoms with Gasteiger partial charge in [-0.2, -0.15) is 0 Å². The van der Waals surface area contributed by atoms with Gasteiger partial charge in [0.25, 0.3) is 0 Å². The Morgan fingerprint density at radius 1 is 1.16 bits per heavy atom. The van der Waals surface area contributed by atoms with Gasteiger partial charge in [0.1, 0.15) is 10.8 Å². The molecule has 2 N–H and O–H groups in total. The van der Waals surface area contributed by atoms with E-state index in [1.807, 2.05) is 12.1 Å². The third-order valence-electron chi connectivity index (χ3n) is 4.98. The van der Waals surface area contributed by atoms with Gasteiger partial charge >= 0.3 is 5.88 Å². The number of anilines is 2. The average Bonchev–Trinajstić information content (AvgIpc) is 3.48. The van der Waals surface area contributed by atoms with Crippen molar-refractivity contribution in [1.29, 1.82) is 0 Å². The summed E-state index contributed by atoms with van der Waals surface area (Å²) in [4.78, 5) is 19.1. The fourth-order valence-electron chi connectivity index (χ4n) is 3.31. The molecule has 1 aliphatic rings. The summed E-state index contributed by atoms with van der Waals surface area (Å²) in [5, 5.41) is 20.5. The zero-order valence-electron chi connectivity index (χ0n) is 17.5. The van der Waals surface area contributed by atoms with Crippen LogP contribution in [0.5, 0.6) is 0 Å². The molecule has 12 heteroatoms. The Morgan fingerprint density at radius 3 is 2.47 bits per heavy atom. The minimum Gasteiger partial charge on any atom is -0.398 e. The van der Waals surface area contributed by atoms with Crippen molar-refractivity contribution in [2.24, 2.45) is 10.7 Å². The van der Waals surface area contributed by atoms with Crippen LogP contribution in [-0.4, -0.2) is 53.7 Å². The highest BCUT2D eigenvalue weighted by Gasteiger charge is 2.22. The van der Waals surface area contributed by atoms with E-state index in [0.29, 0.717) is 16.6 Å². The Labute approximate surface area is 195 Å². The molecule has 0 amide bonds. The number of aliphatic imine (C=N–C) groups is 1. The van der Waals surface area contributed by atoms with Crippen molar-refractivity contribution in [2.75, 3.05) is 42.5 Å². The predicted octanol–water partition coefficient (Wildman–Crippen LogP) is 3.57. The van der Waals surface area contributed by atoms with Gasteiger partial charge in [0.2, 0.25) is 5.13 Å². The van der Waals surface area contributed by atoms with E-state index in [9.17, 15) is 10.1 Å². The molecule has 0 aliphatic carbocycles. The molecule has 1 fully saturated rings. The van der Waals surface area contributed by atoms with Crippen LogP contribution in [0.1, 0.15) is 18.9 Å². The van der Waals surface area contributed by atoms with E-state index in [1.165, 1.54) is 17.4 Å². The molecule has 0 radical (unpaired) electrons. The molecule has 0 unspecified atom stereocenters. The van der Waals surface area contributed by atoms with Gasteiger partial charge in [-0.3, -0.25) is 15.1 Å². The normalized spacial score (nSPS) is 14.3. The van der Waals surface area contributed by atoms with Crippen LogP contribution in [0.4, 0.5) is 16.7 Å². The number of nitrogens with zero attached hydrogens (tertiary/aromatic N) is 6. The molecule has 170 valence electrons. The molecule has 2 aromatic heterocycles. The molecule has 3 heterocycles. The standard InChI is InChI=1S/C20H23N7O3S.ClH/c1-2-9-22-18(21)14-3-5-15(6-4-14)25-10-12-26(13-11-25)20-24-23-19(31-20)16-7-8-17(30-16)27(28)29;/h3-8H,2,9-13H2,1H3,(H2,21,22);1H. The molecule has 1 saturated heterocycles. The van der Waals surface area contributed by atoms with Crippen molar-refractivity contribution in [1.82, 2.24) is 10.2 Å². The van der Waals surface area contributed by atoms with Crippen LogP contribution >= 0.6 is 23.7 Å². The van der Waals surface area contributed by atoms with Crippen LogP contribution in [0.25, 0.3) is 10.8 Å². The maximum Gasteiger partial charge on any atom is 0.433 e. The van der Waals surface area contributed by atoms with Crippen LogP contribution < -0.4 is 15.5 Å². The first-order chi connectivity index (χ1) is 15.0. The summed E-state index contributed by atoms with van der Waals surface area (Å²) in [7, 11) is 0. The van der Waals surface area contributed by atoms with Crippen LogP contribution in [0.3, 0.4) is 0 Å². The number of hydrogen-bond acceptors (Lipinski definition) is 9. The quantitative estimate of drug-likeness (QED) is 0.237. The van der Waals surface area contributed by atoms with Gasteiger partial charge in [-0.05, 0) is 36.8 Å². The highest BCUT2D eigenvalue weighted by Crippen LogP contribution is 2.32. The van der Waals surface area contributed by atoms with Gasteiger partial charge in [-0.15, -0.1) is 22.6 Å². The van der Waals surface area contributed by atoms with Crippen molar-refractivity contribution in [3.05, 3.63) is 52.1 Å². The van der Waals surface area contributed by atoms with Crippen LogP contribution in [0, 0.1) is 10.1 Å². The fourth-order valence-corrected chi connectivity index (χ4v) is 4.16. The smallest absolute Gasteiger partial charge is 0.398 e. The maximum absolute atomic E-state index is 10.8. The van der Waals surface area contributed by atoms with E-state index in [2.05, 4.69) is 44.0 Å². The lowest BCUT2D eigenvalue weighted by Gasteiger charge is -2.35. The summed E-state index contributed by atoms with van der Waals surface area (Å²) in [6.07, 6.45) is 0.973. The molecule has 0 spiro atoms. The Balaban J connectivity index is 0.00000289. The first-order valence-electron chi connectivity index (χ1n) is 10.0. The molecule has 1 aromatic carbocycles. The van der Waals surface area contributed by atoms with E-state index >= 15 is 0 Å². The number of nitro groups is 1. The number of benzene rings is 1. The summed E-state index contributed by atoms with van der Waals surface area (Å²) >= 11 is 1.37. The Kier molecular flexibility index (Phi) is 7.65.